The number of carboxylic acids is 1. The molecule has 0 radical (unpaired) electrons. The molecule has 1 atom stereocenters. The number of rotatable bonds is 9. The smallest absolute Gasteiger partial charge is 0.323 e. The Labute approximate surface area is 150 Å². The summed E-state index contributed by atoms with van der Waals surface area (Å²) >= 11 is 1.13. The zero-order chi connectivity index (χ0) is 19.0. The number of hydrogen-bond donors (Lipinski definition) is 2. The van der Waals surface area contributed by atoms with Crippen LogP contribution in [0.2, 0.25) is 0 Å². The van der Waals surface area contributed by atoms with E-state index in [4.69, 9.17) is 5.11 Å². The number of aliphatic carboxylic acids is 1. The van der Waals surface area contributed by atoms with Gasteiger partial charge in [0.15, 0.2) is 0 Å². The lowest BCUT2D eigenvalue weighted by Gasteiger charge is -2.25. The number of carboxylic acid groups (broad SMARTS) is 1. The van der Waals surface area contributed by atoms with Crippen molar-refractivity contribution in [3.05, 3.63) is 30.1 Å². The Kier molecular flexibility index (Phi) is 8.40. The van der Waals surface area contributed by atoms with Crippen molar-refractivity contribution < 1.29 is 23.9 Å². The van der Waals surface area contributed by atoms with Crippen LogP contribution in [0.5, 0.6) is 0 Å². The van der Waals surface area contributed by atoms with E-state index in [2.05, 4.69) is 5.32 Å². The maximum Gasteiger partial charge on any atom is 0.323 e. The molecule has 8 heteroatoms. The average molecular weight is 370 g/mol. The number of hydrogen-bond acceptors (Lipinski definition) is 4. The first-order valence-corrected chi connectivity index (χ1v) is 8.91. The molecule has 0 heterocycles. The molecule has 2 N–H and O–H groups in total. The molecule has 1 rings (SSSR count). The van der Waals surface area contributed by atoms with E-state index in [9.17, 15) is 18.8 Å². The molecule has 0 aromatic heterocycles. The molecule has 1 aromatic rings. The van der Waals surface area contributed by atoms with Crippen LogP contribution >= 0.6 is 11.8 Å². The topological polar surface area (TPSA) is 86.7 Å². The van der Waals surface area contributed by atoms with Gasteiger partial charge in [0.1, 0.15) is 12.4 Å². The van der Waals surface area contributed by atoms with Crippen LogP contribution in [-0.4, -0.2) is 51.9 Å². The summed E-state index contributed by atoms with van der Waals surface area (Å²) in [5.74, 6) is -1.91. The van der Waals surface area contributed by atoms with Crippen LogP contribution in [0.4, 0.5) is 10.1 Å². The maximum atomic E-state index is 12.8. The number of benzene rings is 1. The average Bonchev–Trinajstić information content (AvgIpc) is 2.52. The Balaban J connectivity index is 2.53. The SMILES string of the molecule is CC(C)CN(CC(=O)O)C(=O)C(C)SCC(=O)Nc1ccc(F)cc1. The summed E-state index contributed by atoms with van der Waals surface area (Å²) in [4.78, 5) is 36.5. The predicted octanol–water partition coefficient (Wildman–Crippen LogP) is 2.46. The third-order valence-corrected chi connectivity index (χ3v) is 4.29. The lowest BCUT2D eigenvalue weighted by atomic mass is 10.2. The van der Waals surface area contributed by atoms with E-state index in [1.165, 1.54) is 29.2 Å². The van der Waals surface area contributed by atoms with Crippen LogP contribution in [0.3, 0.4) is 0 Å². The van der Waals surface area contributed by atoms with Gasteiger partial charge < -0.3 is 15.3 Å². The summed E-state index contributed by atoms with van der Waals surface area (Å²) in [7, 11) is 0. The van der Waals surface area contributed by atoms with Gasteiger partial charge in [0.2, 0.25) is 11.8 Å². The second-order valence-electron chi connectivity index (χ2n) is 6.01. The molecular formula is C17H23FN2O4S. The summed E-state index contributed by atoms with van der Waals surface area (Å²) < 4.78 is 12.8. The van der Waals surface area contributed by atoms with Gasteiger partial charge in [-0.15, -0.1) is 11.8 Å². The van der Waals surface area contributed by atoms with Crippen molar-refractivity contribution in [2.75, 3.05) is 24.2 Å². The molecule has 0 fully saturated rings. The fraction of sp³-hybridized carbons (Fsp3) is 0.471. The third-order valence-electron chi connectivity index (χ3n) is 3.16. The highest BCUT2D eigenvalue weighted by Gasteiger charge is 2.24. The van der Waals surface area contributed by atoms with Crippen molar-refractivity contribution in [2.24, 2.45) is 5.92 Å². The van der Waals surface area contributed by atoms with E-state index < -0.39 is 17.0 Å². The molecule has 0 aliphatic rings. The zero-order valence-electron chi connectivity index (χ0n) is 14.5. The van der Waals surface area contributed by atoms with Gasteiger partial charge in [-0.2, -0.15) is 0 Å². The van der Waals surface area contributed by atoms with Gasteiger partial charge in [-0.05, 0) is 37.1 Å². The first kappa shape index (κ1) is 21.0. The van der Waals surface area contributed by atoms with Gasteiger partial charge in [0.05, 0.1) is 11.0 Å². The fourth-order valence-electron chi connectivity index (χ4n) is 2.10. The first-order valence-electron chi connectivity index (χ1n) is 7.86. The highest BCUT2D eigenvalue weighted by atomic mass is 32.2. The summed E-state index contributed by atoms with van der Waals surface area (Å²) in [6.45, 7) is 5.43. The van der Waals surface area contributed by atoms with E-state index in [0.29, 0.717) is 12.2 Å². The Bertz CT molecular complexity index is 607. The number of carbonyl (C=O) groups is 3. The molecule has 138 valence electrons. The number of halogens is 1. The number of nitrogens with one attached hydrogen (secondary N) is 1. The number of nitrogens with zero attached hydrogens (tertiary/aromatic N) is 1. The summed E-state index contributed by atoms with van der Waals surface area (Å²) in [5.41, 5.74) is 0.471. The lowest BCUT2D eigenvalue weighted by molar-refractivity contribution is -0.144. The summed E-state index contributed by atoms with van der Waals surface area (Å²) in [6.07, 6.45) is 0. The van der Waals surface area contributed by atoms with Crippen molar-refractivity contribution in [3.63, 3.8) is 0 Å². The lowest BCUT2D eigenvalue weighted by Crippen LogP contribution is -2.42. The molecule has 6 nitrogen and oxygen atoms in total. The monoisotopic (exact) mass is 370 g/mol. The third kappa shape index (κ3) is 8.02. The van der Waals surface area contributed by atoms with Gasteiger partial charge in [0, 0.05) is 12.2 Å². The van der Waals surface area contributed by atoms with Crippen molar-refractivity contribution >= 4 is 35.2 Å². The molecule has 0 aliphatic carbocycles. The molecule has 0 spiro atoms. The van der Waals surface area contributed by atoms with Crippen molar-refractivity contribution in [1.29, 1.82) is 0 Å². The molecule has 0 saturated heterocycles. The first-order chi connectivity index (χ1) is 11.7. The number of thioether (sulfide) groups is 1. The minimum atomic E-state index is -1.07. The van der Waals surface area contributed by atoms with Crippen LogP contribution in [0.1, 0.15) is 20.8 Å². The number of anilines is 1. The quantitative estimate of drug-likeness (QED) is 0.697. The van der Waals surface area contributed by atoms with Crippen LogP contribution in [0.15, 0.2) is 24.3 Å². The molecule has 1 aromatic carbocycles. The van der Waals surface area contributed by atoms with Crippen LogP contribution < -0.4 is 5.32 Å². The predicted molar refractivity (Wildman–Crippen MR) is 96.0 cm³/mol. The van der Waals surface area contributed by atoms with E-state index in [1.807, 2.05) is 13.8 Å². The van der Waals surface area contributed by atoms with Crippen LogP contribution in [0, 0.1) is 11.7 Å². The van der Waals surface area contributed by atoms with E-state index in [0.717, 1.165) is 11.8 Å². The number of amides is 2. The minimum Gasteiger partial charge on any atom is -0.480 e. The van der Waals surface area contributed by atoms with Crippen LogP contribution in [-0.2, 0) is 14.4 Å². The van der Waals surface area contributed by atoms with Gasteiger partial charge in [-0.25, -0.2) is 4.39 Å². The Morgan fingerprint density at radius 2 is 1.80 bits per heavy atom. The molecule has 1 unspecified atom stereocenters. The van der Waals surface area contributed by atoms with E-state index in [-0.39, 0.29) is 30.0 Å². The van der Waals surface area contributed by atoms with Crippen LogP contribution in [0.25, 0.3) is 0 Å². The van der Waals surface area contributed by atoms with Gasteiger partial charge in [0.25, 0.3) is 0 Å². The molecule has 0 bridgehead atoms. The van der Waals surface area contributed by atoms with Gasteiger partial charge in [-0.3, -0.25) is 14.4 Å². The second-order valence-corrected chi connectivity index (χ2v) is 7.34. The second kappa shape index (κ2) is 10.0. The Hall–Kier alpha value is -2.09. The summed E-state index contributed by atoms with van der Waals surface area (Å²) in [6, 6.07) is 5.38. The Morgan fingerprint density at radius 1 is 1.20 bits per heavy atom. The van der Waals surface area contributed by atoms with Gasteiger partial charge >= 0.3 is 5.97 Å². The number of carbonyl (C=O) groups excluding carboxylic acids is 2. The van der Waals surface area contributed by atoms with E-state index in [1.54, 1.807) is 6.92 Å². The van der Waals surface area contributed by atoms with Gasteiger partial charge in [-0.1, -0.05) is 13.8 Å². The summed E-state index contributed by atoms with van der Waals surface area (Å²) in [5, 5.41) is 11.0. The van der Waals surface area contributed by atoms with Crippen molar-refractivity contribution in [3.8, 4) is 0 Å². The highest BCUT2D eigenvalue weighted by Crippen LogP contribution is 2.16. The Morgan fingerprint density at radius 3 is 2.32 bits per heavy atom. The normalized spacial score (nSPS) is 11.9. The molecule has 0 aliphatic heterocycles. The standard InChI is InChI=1S/C17H23FN2O4S/c1-11(2)8-20(9-16(22)23)17(24)12(3)25-10-15(21)19-14-6-4-13(18)5-7-14/h4-7,11-12H,8-10H2,1-3H3,(H,19,21)(H,22,23). The van der Waals surface area contributed by atoms with Crippen molar-refractivity contribution in [2.45, 2.75) is 26.0 Å². The maximum absolute atomic E-state index is 12.8. The fourth-order valence-corrected chi connectivity index (χ4v) is 2.86. The molecule has 0 saturated carbocycles. The molecule has 25 heavy (non-hydrogen) atoms. The molecule has 2 amide bonds. The molecular weight excluding hydrogens is 347 g/mol. The largest absolute Gasteiger partial charge is 0.480 e. The minimum absolute atomic E-state index is 0.0346. The van der Waals surface area contributed by atoms with Crippen molar-refractivity contribution in [1.82, 2.24) is 4.90 Å². The van der Waals surface area contributed by atoms with E-state index >= 15 is 0 Å². The zero-order valence-corrected chi connectivity index (χ0v) is 15.3. The highest BCUT2D eigenvalue weighted by molar-refractivity contribution is 8.01.